The smallest absolute Gasteiger partial charge is 0.0715 e. The Bertz CT molecular complexity index is 798. The van der Waals surface area contributed by atoms with Gasteiger partial charge < -0.3 is 15.2 Å². The van der Waals surface area contributed by atoms with Crippen LogP contribution in [0.4, 0.5) is 5.69 Å². The average Bonchev–Trinajstić information content (AvgIpc) is 3.04. The molecule has 0 amide bonds. The summed E-state index contributed by atoms with van der Waals surface area (Å²) in [4.78, 5) is 11.1. The number of carboxylic acid groups (broad SMARTS) is 1. The molecule has 1 aliphatic carbocycles. The summed E-state index contributed by atoms with van der Waals surface area (Å²) in [6, 6.07) is 13.3. The van der Waals surface area contributed by atoms with E-state index in [-0.39, 0.29) is 17.5 Å². The number of carbonyl (C=O) groups excluding carboxylic acids is 1. The van der Waals surface area contributed by atoms with E-state index in [1.54, 1.807) is 12.1 Å². The Morgan fingerprint density at radius 1 is 1.17 bits per heavy atom. The Labute approximate surface area is 139 Å². The second-order valence-corrected chi connectivity index (χ2v) is 6.55. The molecule has 0 radical (unpaired) electrons. The van der Waals surface area contributed by atoms with Gasteiger partial charge in [-0.15, -0.1) is 0 Å². The third kappa shape index (κ3) is 2.41. The first kappa shape index (κ1) is 14.3. The van der Waals surface area contributed by atoms with Crippen LogP contribution in [0.3, 0.4) is 0 Å². The second-order valence-electron chi connectivity index (χ2n) is 6.12. The van der Waals surface area contributed by atoms with Gasteiger partial charge in [0.25, 0.3) is 0 Å². The van der Waals surface area contributed by atoms with Gasteiger partial charge in [0, 0.05) is 16.6 Å². The van der Waals surface area contributed by atoms with Gasteiger partial charge in [-0.2, -0.15) is 0 Å². The van der Waals surface area contributed by atoms with Crippen LogP contribution in [0, 0.1) is 5.92 Å². The van der Waals surface area contributed by atoms with Crippen LogP contribution in [0.25, 0.3) is 0 Å². The summed E-state index contributed by atoms with van der Waals surface area (Å²) < 4.78 is 0. The van der Waals surface area contributed by atoms with Crippen molar-refractivity contribution in [1.29, 1.82) is 0 Å². The molecule has 0 saturated carbocycles. The molecule has 2 aliphatic rings. The zero-order valence-electron chi connectivity index (χ0n) is 12.3. The molecule has 0 fully saturated rings. The molecule has 23 heavy (non-hydrogen) atoms. The van der Waals surface area contributed by atoms with E-state index in [2.05, 4.69) is 29.6 Å². The molecule has 116 valence electrons. The van der Waals surface area contributed by atoms with Crippen molar-refractivity contribution in [2.75, 3.05) is 5.32 Å². The van der Waals surface area contributed by atoms with Crippen LogP contribution < -0.4 is 10.4 Å². The van der Waals surface area contributed by atoms with Crippen molar-refractivity contribution < 1.29 is 9.90 Å². The summed E-state index contributed by atoms with van der Waals surface area (Å²) in [5.74, 6) is -0.530. The van der Waals surface area contributed by atoms with E-state index in [4.69, 9.17) is 11.6 Å². The number of benzene rings is 2. The third-order valence-electron chi connectivity index (χ3n) is 4.83. The molecule has 1 aliphatic heterocycles. The molecule has 1 heterocycles. The average molecular weight is 325 g/mol. The molecule has 4 rings (SSSR count). The topological polar surface area (TPSA) is 52.2 Å². The van der Waals surface area contributed by atoms with E-state index in [0.717, 1.165) is 22.7 Å². The Kier molecular flexibility index (Phi) is 3.38. The van der Waals surface area contributed by atoms with Crippen molar-refractivity contribution in [2.45, 2.75) is 18.4 Å². The summed E-state index contributed by atoms with van der Waals surface area (Å²) in [5.41, 5.74) is 3.45. The first-order valence-electron chi connectivity index (χ1n) is 7.67. The van der Waals surface area contributed by atoms with Gasteiger partial charge in [0.05, 0.1) is 12.0 Å². The van der Waals surface area contributed by atoms with Gasteiger partial charge in [-0.3, -0.25) is 0 Å². The predicted octanol–water partition coefficient (Wildman–Crippen LogP) is 3.53. The first-order valence-corrected chi connectivity index (χ1v) is 8.05. The highest BCUT2D eigenvalue weighted by atomic mass is 35.5. The van der Waals surface area contributed by atoms with Crippen molar-refractivity contribution >= 4 is 23.3 Å². The Balaban J connectivity index is 1.77. The van der Waals surface area contributed by atoms with Crippen LogP contribution in [0.5, 0.6) is 0 Å². The normalized spacial score (nSPS) is 24.7. The highest BCUT2D eigenvalue weighted by molar-refractivity contribution is 6.30. The minimum Gasteiger partial charge on any atom is -0.545 e. The number of aromatic carboxylic acids is 1. The van der Waals surface area contributed by atoms with E-state index >= 15 is 0 Å². The van der Waals surface area contributed by atoms with Crippen LogP contribution in [0.2, 0.25) is 5.02 Å². The first-order chi connectivity index (χ1) is 11.1. The number of carbonyl (C=O) groups is 1. The second kappa shape index (κ2) is 5.43. The van der Waals surface area contributed by atoms with Crippen molar-refractivity contribution in [3.8, 4) is 0 Å². The van der Waals surface area contributed by atoms with Gasteiger partial charge >= 0.3 is 0 Å². The lowest BCUT2D eigenvalue weighted by Gasteiger charge is -2.37. The predicted molar refractivity (Wildman–Crippen MR) is 88.6 cm³/mol. The third-order valence-corrected chi connectivity index (χ3v) is 5.08. The van der Waals surface area contributed by atoms with E-state index in [1.165, 1.54) is 5.56 Å². The number of fused-ring (bicyclic) bond motifs is 3. The highest BCUT2D eigenvalue weighted by Gasteiger charge is 2.37. The van der Waals surface area contributed by atoms with Gasteiger partial charge in [0.15, 0.2) is 0 Å². The molecule has 2 aromatic rings. The molecule has 4 heteroatoms. The van der Waals surface area contributed by atoms with E-state index < -0.39 is 5.97 Å². The number of hydrogen-bond acceptors (Lipinski definition) is 3. The lowest BCUT2D eigenvalue weighted by molar-refractivity contribution is -0.255. The molecule has 3 nitrogen and oxygen atoms in total. The zero-order chi connectivity index (χ0) is 16.0. The van der Waals surface area contributed by atoms with Crippen LogP contribution in [-0.4, -0.2) is 5.97 Å². The molecular formula is C19H15ClNO2-. The van der Waals surface area contributed by atoms with Crippen LogP contribution in [-0.2, 0) is 0 Å². The quantitative estimate of drug-likeness (QED) is 0.860. The van der Waals surface area contributed by atoms with Crippen molar-refractivity contribution in [1.82, 2.24) is 0 Å². The highest BCUT2D eigenvalue weighted by Crippen LogP contribution is 2.49. The molecule has 0 saturated heterocycles. The summed E-state index contributed by atoms with van der Waals surface area (Å²) in [5, 5.41) is 15.4. The number of carboxylic acids is 1. The molecule has 0 spiro atoms. The van der Waals surface area contributed by atoms with E-state index in [9.17, 15) is 9.90 Å². The molecule has 1 N–H and O–H groups in total. The van der Waals surface area contributed by atoms with Gasteiger partial charge in [0.1, 0.15) is 0 Å². The van der Waals surface area contributed by atoms with E-state index in [0.29, 0.717) is 5.92 Å². The number of halogens is 1. The summed E-state index contributed by atoms with van der Waals surface area (Å²) in [6.07, 6.45) is 5.34. The zero-order valence-corrected chi connectivity index (χ0v) is 13.1. The summed E-state index contributed by atoms with van der Waals surface area (Å²) in [6.45, 7) is 0. The van der Waals surface area contributed by atoms with Crippen LogP contribution in [0.1, 0.15) is 39.9 Å². The van der Waals surface area contributed by atoms with Crippen molar-refractivity contribution in [2.24, 2.45) is 5.92 Å². The fraction of sp³-hybridized carbons (Fsp3) is 0.211. The van der Waals surface area contributed by atoms with Crippen molar-refractivity contribution in [3.63, 3.8) is 0 Å². The number of hydrogen-bond donors (Lipinski definition) is 1. The van der Waals surface area contributed by atoms with Gasteiger partial charge in [-0.25, -0.2) is 0 Å². The lowest BCUT2D eigenvalue weighted by atomic mass is 9.76. The molecule has 3 unspecified atom stereocenters. The number of anilines is 1. The number of rotatable bonds is 2. The fourth-order valence-electron chi connectivity index (χ4n) is 3.72. The van der Waals surface area contributed by atoms with Crippen molar-refractivity contribution in [3.05, 3.63) is 76.3 Å². The monoisotopic (exact) mass is 324 g/mol. The standard InChI is InChI=1S/C19H16ClNO2/c20-13-7-4-11(5-8-13)18-15-3-1-2-14(15)16-10-12(19(22)23)6-9-17(16)21-18/h1-2,4-10,14-15,18,21H,3H2,(H,22,23)/p-1. The lowest BCUT2D eigenvalue weighted by Crippen LogP contribution is -2.30. The Morgan fingerprint density at radius 3 is 2.70 bits per heavy atom. The molecule has 2 aromatic carbocycles. The van der Waals surface area contributed by atoms with Crippen LogP contribution in [0.15, 0.2) is 54.6 Å². The van der Waals surface area contributed by atoms with E-state index in [1.807, 2.05) is 18.2 Å². The largest absolute Gasteiger partial charge is 0.545 e. The maximum atomic E-state index is 11.1. The van der Waals surface area contributed by atoms with Crippen LogP contribution >= 0.6 is 11.6 Å². The number of allylic oxidation sites excluding steroid dienone is 2. The Hall–Kier alpha value is -2.26. The Morgan fingerprint density at radius 2 is 1.96 bits per heavy atom. The SMILES string of the molecule is O=C([O-])c1ccc2c(c1)C1C=CCC1C(c1ccc(Cl)cc1)N2. The van der Waals surface area contributed by atoms with Gasteiger partial charge in [-0.1, -0.05) is 42.0 Å². The van der Waals surface area contributed by atoms with Gasteiger partial charge in [0.2, 0.25) is 0 Å². The maximum absolute atomic E-state index is 11.1. The number of nitrogens with one attached hydrogen (secondary N) is 1. The molecule has 3 atom stereocenters. The summed E-state index contributed by atoms with van der Waals surface area (Å²) >= 11 is 6.00. The minimum absolute atomic E-state index is 0.188. The summed E-state index contributed by atoms with van der Waals surface area (Å²) in [7, 11) is 0. The molecule has 0 bridgehead atoms. The minimum atomic E-state index is -1.13. The van der Waals surface area contributed by atoms with Gasteiger partial charge in [-0.05, 0) is 53.3 Å². The molecule has 0 aromatic heterocycles. The maximum Gasteiger partial charge on any atom is 0.0715 e. The fourth-order valence-corrected chi connectivity index (χ4v) is 3.85. The molecular weight excluding hydrogens is 310 g/mol.